The lowest BCUT2D eigenvalue weighted by atomic mass is 9.95. The van der Waals surface area contributed by atoms with Gasteiger partial charge in [0.1, 0.15) is 5.75 Å². The van der Waals surface area contributed by atoms with Gasteiger partial charge in [0, 0.05) is 17.5 Å². The van der Waals surface area contributed by atoms with Gasteiger partial charge in [-0.25, -0.2) is 9.80 Å². The molecule has 0 fully saturated rings. The van der Waals surface area contributed by atoms with Crippen LogP contribution in [0.3, 0.4) is 0 Å². The fourth-order valence-corrected chi connectivity index (χ4v) is 4.33. The molecule has 0 radical (unpaired) electrons. The van der Waals surface area contributed by atoms with Crippen molar-refractivity contribution in [3.05, 3.63) is 89.0 Å². The van der Waals surface area contributed by atoms with Crippen LogP contribution in [0.4, 0.5) is 0 Å². The maximum Gasteiger partial charge on any atom is 0.336 e. The molecule has 2 unspecified atom stereocenters. The molecule has 2 heterocycles. The second kappa shape index (κ2) is 7.92. The lowest BCUT2D eigenvalue weighted by molar-refractivity contribution is -0.0199. The molecule has 0 aliphatic carbocycles. The highest BCUT2D eigenvalue weighted by atomic mass is 16.5. The molecule has 0 saturated heterocycles. The molecule has 0 amide bonds. The number of methoxy groups -OCH3 is 2. The Morgan fingerprint density at radius 2 is 1.69 bits per heavy atom. The molecule has 0 saturated carbocycles. The Bertz CT molecular complexity index is 1210. The molecule has 32 heavy (non-hydrogen) atoms. The SMILES string of the molecule is COc1cc(C(=O)O)c(C2Oc3ccccc3C3CC(c4ccccc4)=NN32)cc1OC. The fraction of sp³-hybridized carbons (Fsp3) is 0.200. The standard InChI is InChI=1S/C25H22N2O5/c1-30-22-12-17(18(25(28)29)13-23(22)31-2)24-27-20(16-10-6-7-11-21(16)32-24)14-19(26-27)15-8-4-3-5-9-15/h3-13,20,24H,14H2,1-2H3,(H,28,29). The van der Waals surface area contributed by atoms with Crippen molar-refractivity contribution in [2.24, 2.45) is 5.10 Å². The van der Waals surface area contributed by atoms with Crippen LogP contribution in [-0.4, -0.2) is 36.0 Å². The van der Waals surface area contributed by atoms with Crippen molar-refractivity contribution in [2.45, 2.75) is 18.7 Å². The van der Waals surface area contributed by atoms with Crippen molar-refractivity contribution in [3.8, 4) is 17.2 Å². The summed E-state index contributed by atoms with van der Waals surface area (Å²) in [5, 5.41) is 16.7. The Balaban J connectivity index is 1.67. The van der Waals surface area contributed by atoms with E-state index < -0.39 is 12.2 Å². The Labute approximate surface area is 185 Å². The first-order valence-corrected chi connectivity index (χ1v) is 10.3. The van der Waals surface area contributed by atoms with E-state index in [0.29, 0.717) is 23.5 Å². The van der Waals surface area contributed by atoms with E-state index in [9.17, 15) is 9.90 Å². The second-order valence-corrected chi connectivity index (χ2v) is 7.62. The first kappa shape index (κ1) is 19.9. The molecular formula is C25H22N2O5. The monoisotopic (exact) mass is 430 g/mol. The Kier molecular flexibility index (Phi) is 4.93. The molecule has 0 spiro atoms. The van der Waals surface area contributed by atoms with Crippen molar-refractivity contribution < 1.29 is 24.1 Å². The number of carboxylic acids is 1. The summed E-state index contributed by atoms with van der Waals surface area (Å²) < 4.78 is 17.1. The molecule has 0 aromatic heterocycles. The maximum absolute atomic E-state index is 12.1. The molecule has 7 nitrogen and oxygen atoms in total. The number of aromatic carboxylic acids is 1. The quantitative estimate of drug-likeness (QED) is 0.635. The van der Waals surface area contributed by atoms with Gasteiger partial charge in [-0.1, -0.05) is 48.5 Å². The summed E-state index contributed by atoms with van der Waals surface area (Å²) in [7, 11) is 2.99. The first-order valence-electron chi connectivity index (χ1n) is 10.3. The second-order valence-electron chi connectivity index (χ2n) is 7.62. The number of fused-ring (bicyclic) bond motifs is 3. The third-order valence-electron chi connectivity index (χ3n) is 5.86. The summed E-state index contributed by atoms with van der Waals surface area (Å²) in [5.41, 5.74) is 3.51. The van der Waals surface area contributed by atoms with Gasteiger partial charge in [-0.15, -0.1) is 0 Å². The average molecular weight is 430 g/mol. The molecule has 2 aliphatic heterocycles. The minimum absolute atomic E-state index is 0.0742. The Morgan fingerprint density at radius 1 is 1.00 bits per heavy atom. The lowest BCUT2D eigenvalue weighted by Crippen LogP contribution is -2.34. The van der Waals surface area contributed by atoms with Crippen LogP contribution in [0.15, 0.2) is 71.8 Å². The Hall–Kier alpha value is -4.00. The number of hydrogen-bond acceptors (Lipinski definition) is 6. The van der Waals surface area contributed by atoms with Gasteiger partial charge in [0.2, 0.25) is 6.23 Å². The largest absolute Gasteiger partial charge is 0.493 e. The first-order chi connectivity index (χ1) is 15.6. The molecule has 7 heteroatoms. The summed E-state index contributed by atoms with van der Waals surface area (Å²) in [6, 6.07) is 20.8. The molecule has 0 bridgehead atoms. The highest BCUT2D eigenvalue weighted by Crippen LogP contribution is 2.49. The fourth-order valence-electron chi connectivity index (χ4n) is 4.33. The normalized spacial score (nSPS) is 18.8. The molecule has 5 rings (SSSR count). The van der Waals surface area contributed by atoms with Crippen LogP contribution in [0.1, 0.15) is 45.7 Å². The van der Waals surface area contributed by atoms with Crippen molar-refractivity contribution in [1.29, 1.82) is 0 Å². The van der Waals surface area contributed by atoms with Crippen LogP contribution in [0.25, 0.3) is 0 Å². The maximum atomic E-state index is 12.1. The van der Waals surface area contributed by atoms with Crippen molar-refractivity contribution >= 4 is 11.7 Å². The topological polar surface area (TPSA) is 80.6 Å². The predicted octanol–water partition coefficient (Wildman–Crippen LogP) is 4.64. The summed E-state index contributed by atoms with van der Waals surface area (Å²) >= 11 is 0. The van der Waals surface area contributed by atoms with Gasteiger partial charge < -0.3 is 19.3 Å². The van der Waals surface area contributed by atoms with E-state index >= 15 is 0 Å². The van der Waals surface area contributed by atoms with Gasteiger partial charge in [-0.05, 0) is 23.8 Å². The number of carboxylic acid groups (broad SMARTS) is 1. The van der Waals surface area contributed by atoms with Crippen molar-refractivity contribution in [3.63, 3.8) is 0 Å². The van der Waals surface area contributed by atoms with E-state index in [0.717, 1.165) is 22.6 Å². The molecule has 1 N–H and O–H groups in total. The Morgan fingerprint density at radius 3 is 2.41 bits per heavy atom. The zero-order valence-corrected chi connectivity index (χ0v) is 17.7. The van der Waals surface area contributed by atoms with Gasteiger partial charge in [0.25, 0.3) is 0 Å². The van der Waals surface area contributed by atoms with E-state index in [1.54, 1.807) is 6.07 Å². The highest BCUT2D eigenvalue weighted by molar-refractivity contribution is 6.02. The van der Waals surface area contributed by atoms with Crippen LogP contribution in [0.2, 0.25) is 0 Å². The molecule has 3 aromatic rings. The summed E-state index contributed by atoms with van der Waals surface area (Å²) in [6.07, 6.45) is -0.0432. The number of hydrazone groups is 1. The average Bonchev–Trinajstić information content (AvgIpc) is 3.29. The smallest absolute Gasteiger partial charge is 0.336 e. The van der Waals surface area contributed by atoms with Crippen LogP contribution in [0, 0.1) is 0 Å². The lowest BCUT2D eigenvalue weighted by Gasteiger charge is -2.38. The number of rotatable bonds is 5. The van der Waals surface area contributed by atoms with E-state index in [4.69, 9.17) is 19.3 Å². The predicted molar refractivity (Wildman–Crippen MR) is 118 cm³/mol. The van der Waals surface area contributed by atoms with Crippen LogP contribution < -0.4 is 14.2 Å². The molecule has 162 valence electrons. The van der Waals surface area contributed by atoms with Crippen LogP contribution in [0.5, 0.6) is 17.2 Å². The number of benzene rings is 3. The van der Waals surface area contributed by atoms with E-state index in [1.165, 1.54) is 20.3 Å². The third-order valence-corrected chi connectivity index (χ3v) is 5.86. The zero-order chi connectivity index (χ0) is 22.2. The van der Waals surface area contributed by atoms with Gasteiger partial charge in [-0.3, -0.25) is 0 Å². The zero-order valence-electron chi connectivity index (χ0n) is 17.7. The highest BCUT2D eigenvalue weighted by Gasteiger charge is 2.42. The van der Waals surface area contributed by atoms with Gasteiger partial charge in [0.05, 0.1) is 31.5 Å². The van der Waals surface area contributed by atoms with Crippen molar-refractivity contribution in [2.75, 3.05) is 14.2 Å². The number of carbonyl (C=O) groups is 1. The van der Waals surface area contributed by atoms with E-state index in [1.807, 2.05) is 59.6 Å². The summed E-state index contributed by atoms with van der Waals surface area (Å²) in [5.74, 6) is 0.412. The third kappa shape index (κ3) is 3.22. The minimum atomic E-state index is -1.08. The minimum Gasteiger partial charge on any atom is -0.493 e. The van der Waals surface area contributed by atoms with Gasteiger partial charge in [-0.2, -0.15) is 5.10 Å². The van der Waals surface area contributed by atoms with Gasteiger partial charge >= 0.3 is 5.97 Å². The summed E-state index contributed by atoms with van der Waals surface area (Å²) in [4.78, 5) is 12.1. The van der Waals surface area contributed by atoms with E-state index in [2.05, 4.69) is 0 Å². The number of para-hydroxylation sites is 1. The van der Waals surface area contributed by atoms with E-state index in [-0.39, 0.29) is 11.6 Å². The molecule has 3 aromatic carbocycles. The van der Waals surface area contributed by atoms with Crippen molar-refractivity contribution in [1.82, 2.24) is 5.01 Å². The van der Waals surface area contributed by atoms with Crippen LogP contribution in [-0.2, 0) is 0 Å². The molecule has 2 aliphatic rings. The molecular weight excluding hydrogens is 408 g/mol. The number of ether oxygens (including phenoxy) is 3. The summed E-state index contributed by atoms with van der Waals surface area (Å²) in [6.45, 7) is 0. The molecule has 2 atom stereocenters. The van der Waals surface area contributed by atoms with Crippen LogP contribution >= 0.6 is 0 Å². The number of hydrogen-bond donors (Lipinski definition) is 1. The van der Waals surface area contributed by atoms with Gasteiger partial charge in [0.15, 0.2) is 11.5 Å². The number of nitrogens with zero attached hydrogens (tertiary/aromatic N) is 2.